The number of aryl methyl sites for hydroxylation is 1. The van der Waals surface area contributed by atoms with Crippen LogP contribution in [0.1, 0.15) is 53.6 Å². The maximum absolute atomic E-state index is 13.1. The fourth-order valence-corrected chi connectivity index (χ4v) is 4.30. The van der Waals surface area contributed by atoms with E-state index < -0.39 is 0 Å². The lowest BCUT2D eigenvalue weighted by molar-refractivity contribution is 0.100. The van der Waals surface area contributed by atoms with E-state index >= 15 is 0 Å². The number of carbonyl (C=O) groups is 1. The van der Waals surface area contributed by atoms with Crippen molar-refractivity contribution in [3.05, 3.63) is 88.9 Å². The number of benzene rings is 2. The molecule has 0 bridgehead atoms. The van der Waals surface area contributed by atoms with Gasteiger partial charge in [-0.05, 0) is 75.6 Å². The van der Waals surface area contributed by atoms with Crippen molar-refractivity contribution >= 4 is 34.5 Å². The molecule has 0 saturated heterocycles. The third kappa shape index (κ3) is 5.16. The van der Waals surface area contributed by atoms with Gasteiger partial charge in [-0.15, -0.1) is 0 Å². The van der Waals surface area contributed by atoms with Crippen LogP contribution in [0.25, 0.3) is 10.9 Å². The molecule has 0 aliphatic carbocycles. The van der Waals surface area contributed by atoms with Gasteiger partial charge in [-0.2, -0.15) is 10.2 Å². The van der Waals surface area contributed by atoms with Crippen molar-refractivity contribution in [1.82, 2.24) is 25.0 Å². The molecular formula is C28H29N7O2. The van der Waals surface area contributed by atoms with Crippen LogP contribution in [-0.4, -0.2) is 42.2 Å². The van der Waals surface area contributed by atoms with Gasteiger partial charge < -0.3 is 15.4 Å². The van der Waals surface area contributed by atoms with Crippen LogP contribution >= 0.6 is 0 Å². The molecule has 5 rings (SSSR count). The summed E-state index contributed by atoms with van der Waals surface area (Å²) in [4.78, 5) is 20.4. The molecule has 0 spiro atoms. The van der Waals surface area contributed by atoms with E-state index in [0.717, 1.165) is 33.4 Å². The van der Waals surface area contributed by atoms with Gasteiger partial charge in [-0.1, -0.05) is 18.2 Å². The molecule has 9 nitrogen and oxygen atoms in total. The van der Waals surface area contributed by atoms with Crippen LogP contribution < -0.4 is 5.32 Å². The SMILES string of the molecule is Cc1cc(C(=O)Nc2cccc(Cc3ccc4[nH]c(O)c(/C=N/c5ccn[nH]5)c4c3)c2)n(C(C)(C)C)n1. The number of anilines is 1. The summed E-state index contributed by atoms with van der Waals surface area (Å²) in [7, 11) is 0. The summed E-state index contributed by atoms with van der Waals surface area (Å²) >= 11 is 0. The number of rotatable bonds is 6. The second-order valence-corrected chi connectivity index (χ2v) is 10.1. The third-order valence-electron chi connectivity index (χ3n) is 5.99. The molecule has 0 atom stereocenters. The van der Waals surface area contributed by atoms with Crippen LogP contribution in [0.3, 0.4) is 0 Å². The van der Waals surface area contributed by atoms with Gasteiger partial charge in [0.15, 0.2) is 5.88 Å². The summed E-state index contributed by atoms with van der Waals surface area (Å²) < 4.78 is 1.76. The molecular weight excluding hydrogens is 466 g/mol. The number of hydrogen-bond acceptors (Lipinski definition) is 5. The van der Waals surface area contributed by atoms with Gasteiger partial charge in [-0.25, -0.2) is 4.99 Å². The highest BCUT2D eigenvalue weighted by atomic mass is 16.3. The van der Waals surface area contributed by atoms with Crippen molar-refractivity contribution in [2.75, 3.05) is 5.32 Å². The maximum Gasteiger partial charge on any atom is 0.273 e. The zero-order chi connectivity index (χ0) is 26.2. The fourth-order valence-electron chi connectivity index (χ4n) is 4.30. The van der Waals surface area contributed by atoms with Crippen molar-refractivity contribution in [1.29, 1.82) is 0 Å². The lowest BCUT2D eigenvalue weighted by Crippen LogP contribution is -2.29. The van der Waals surface area contributed by atoms with E-state index in [9.17, 15) is 9.90 Å². The predicted octanol–water partition coefficient (Wildman–Crippen LogP) is 5.45. The zero-order valence-corrected chi connectivity index (χ0v) is 21.2. The van der Waals surface area contributed by atoms with Gasteiger partial charge >= 0.3 is 0 Å². The van der Waals surface area contributed by atoms with E-state index in [-0.39, 0.29) is 17.3 Å². The van der Waals surface area contributed by atoms with E-state index in [0.29, 0.717) is 23.5 Å². The maximum atomic E-state index is 13.1. The summed E-state index contributed by atoms with van der Waals surface area (Å²) in [5.74, 6) is 0.465. The molecule has 188 valence electrons. The normalized spacial score (nSPS) is 12.0. The Hall–Kier alpha value is -4.66. The minimum Gasteiger partial charge on any atom is -0.494 e. The minimum atomic E-state index is -0.310. The standard InChI is InChI=1S/C28H29N7O2/c1-17-12-24(35(34-17)28(2,3)4)27(37)31-20-7-5-6-18(14-20)13-19-8-9-23-21(15-19)22(26(36)32-23)16-29-25-10-11-30-33-25/h5-12,14-16,32,36H,13H2,1-4H3,(H,30,33)(H,31,37)/b29-16+. The molecule has 1 amide bonds. The average molecular weight is 496 g/mol. The third-order valence-corrected chi connectivity index (χ3v) is 5.99. The topological polar surface area (TPSA) is 124 Å². The number of aromatic nitrogens is 5. The highest BCUT2D eigenvalue weighted by molar-refractivity contribution is 6.03. The van der Waals surface area contributed by atoms with Gasteiger partial charge in [0.1, 0.15) is 11.5 Å². The molecule has 4 N–H and O–H groups in total. The molecule has 3 aromatic heterocycles. The molecule has 3 heterocycles. The number of fused-ring (bicyclic) bond motifs is 1. The van der Waals surface area contributed by atoms with E-state index in [4.69, 9.17) is 0 Å². The molecule has 2 aromatic carbocycles. The summed E-state index contributed by atoms with van der Waals surface area (Å²) in [5, 5.41) is 25.5. The molecule has 9 heteroatoms. The highest BCUT2D eigenvalue weighted by Crippen LogP contribution is 2.28. The van der Waals surface area contributed by atoms with Crippen molar-refractivity contribution in [3.63, 3.8) is 0 Å². The zero-order valence-electron chi connectivity index (χ0n) is 21.2. The number of aromatic amines is 2. The highest BCUT2D eigenvalue weighted by Gasteiger charge is 2.23. The van der Waals surface area contributed by atoms with E-state index in [1.165, 1.54) is 0 Å². The van der Waals surface area contributed by atoms with Gasteiger partial charge in [-0.3, -0.25) is 14.6 Å². The summed E-state index contributed by atoms with van der Waals surface area (Å²) in [6, 6.07) is 17.4. The Morgan fingerprint density at radius 2 is 1.95 bits per heavy atom. The van der Waals surface area contributed by atoms with Crippen molar-refractivity contribution in [2.24, 2.45) is 4.99 Å². The number of carbonyl (C=O) groups excluding carboxylic acids is 1. The van der Waals surface area contributed by atoms with Crippen LogP contribution in [0, 0.1) is 6.92 Å². The van der Waals surface area contributed by atoms with Crippen LogP contribution in [-0.2, 0) is 12.0 Å². The molecule has 0 radical (unpaired) electrons. The van der Waals surface area contributed by atoms with Crippen molar-refractivity contribution in [2.45, 2.75) is 39.7 Å². The van der Waals surface area contributed by atoms with Gasteiger partial charge in [0.2, 0.25) is 0 Å². The number of amides is 1. The second-order valence-electron chi connectivity index (χ2n) is 10.1. The Morgan fingerprint density at radius 1 is 1.14 bits per heavy atom. The Bertz CT molecular complexity index is 1600. The monoisotopic (exact) mass is 495 g/mol. The fraction of sp³-hybridized carbons (Fsp3) is 0.214. The van der Waals surface area contributed by atoms with Crippen LogP contribution in [0.2, 0.25) is 0 Å². The van der Waals surface area contributed by atoms with Crippen molar-refractivity contribution < 1.29 is 9.90 Å². The quantitative estimate of drug-likeness (QED) is 0.234. The van der Waals surface area contributed by atoms with Crippen LogP contribution in [0.4, 0.5) is 11.5 Å². The van der Waals surface area contributed by atoms with Crippen molar-refractivity contribution in [3.8, 4) is 5.88 Å². The Morgan fingerprint density at radius 3 is 2.70 bits per heavy atom. The molecule has 5 aromatic rings. The summed E-state index contributed by atoms with van der Waals surface area (Å²) in [5.41, 5.74) is 5.27. The molecule has 37 heavy (non-hydrogen) atoms. The first-order valence-electron chi connectivity index (χ1n) is 12.0. The predicted molar refractivity (Wildman–Crippen MR) is 145 cm³/mol. The Kier molecular flexibility index (Phi) is 6.12. The first-order chi connectivity index (χ1) is 17.7. The molecule has 0 unspecified atom stereocenters. The minimum absolute atomic E-state index is 0.0601. The number of hydrogen-bond donors (Lipinski definition) is 4. The van der Waals surface area contributed by atoms with Crippen LogP contribution in [0.15, 0.2) is 65.8 Å². The van der Waals surface area contributed by atoms with Gasteiger partial charge in [0, 0.05) is 28.9 Å². The Labute approximate surface area is 214 Å². The number of aromatic hydroxyl groups is 1. The summed E-state index contributed by atoms with van der Waals surface area (Å²) in [6.07, 6.45) is 3.89. The average Bonchev–Trinajstić information content (AvgIpc) is 3.56. The number of nitrogens with zero attached hydrogens (tertiary/aromatic N) is 4. The number of H-pyrrole nitrogens is 2. The lowest BCUT2D eigenvalue weighted by Gasteiger charge is -2.22. The molecule has 0 fully saturated rings. The van der Waals surface area contributed by atoms with E-state index in [1.54, 1.807) is 29.2 Å². The first-order valence-corrected chi connectivity index (χ1v) is 12.0. The largest absolute Gasteiger partial charge is 0.494 e. The number of aliphatic imine (C=N–C) groups is 1. The smallest absolute Gasteiger partial charge is 0.273 e. The number of nitrogens with one attached hydrogen (secondary N) is 3. The van der Waals surface area contributed by atoms with E-state index in [2.05, 4.69) is 30.6 Å². The summed E-state index contributed by atoms with van der Waals surface area (Å²) in [6.45, 7) is 7.95. The van der Waals surface area contributed by atoms with Gasteiger partial charge in [0.25, 0.3) is 5.91 Å². The Balaban J connectivity index is 1.37. The van der Waals surface area contributed by atoms with E-state index in [1.807, 2.05) is 70.2 Å². The second kappa shape index (κ2) is 9.42. The van der Waals surface area contributed by atoms with Crippen LogP contribution in [0.5, 0.6) is 5.88 Å². The lowest BCUT2D eigenvalue weighted by atomic mass is 10.0. The first kappa shape index (κ1) is 24.1. The van der Waals surface area contributed by atoms with Gasteiger partial charge in [0.05, 0.1) is 23.0 Å². The molecule has 0 aliphatic rings. The molecule has 0 saturated carbocycles. The molecule has 0 aliphatic heterocycles.